The van der Waals surface area contributed by atoms with E-state index in [0.717, 1.165) is 17.9 Å². The van der Waals surface area contributed by atoms with Crippen molar-refractivity contribution < 1.29 is 14.8 Å². The molecule has 2 rings (SSSR count). The van der Waals surface area contributed by atoms with E-state index in [-0.39, 0.29) is 0 Å². The lowest BCUT2D eigenvalue weighted by Crippen LogP contribution is -2.30. The molecular weight excluding hydrogens is 273 g/mol. The molecule has 6 heteroatoms. The van der Waals surface area contributed by atoms with Crippen LogP contribution in [-0.4, -0.2) is 36.2 Å². The zero-order valence-corrected chi connectivity index (χ0v) is 12.4. The number of thiophene rings is 1. The molecule has 1 heterocycles. The average molecular weight is 291 g/mol. The van der Waals surface area contributed by atoms with Crippen molar-refractivity contribution in [2.45, 2.75) is 13.1 Å². The Morgan fingerprint density at radius 2 is 2.05 bits per heavy atom. The number of rotatable bonds is 6. The van der Waals surface area contributed by atoms with Gasteiger partial charge in [-0.1, -0.05) is 18.2 Å². The molecule has 0 aliphatic heterocycles. The summed E-state index contributed by atoms with van der Waals surface area (Å²) in [4.78, 5) is 3.46. The van der Waals surface area contributed by atoms with Gasteiger partial charge >= 0.3 is 7.12 Å². The molecule has 0 spiro atoms. The van der Waals surface area contributed by atoms with Gasteiger partial charge < -0.3 is 14.8 Å². The van der Waals surface area contributed by atoms with Crippen LogP contribution in [-0.2, 0) is 13.1 Å². The molecule has 0 aliphatic rings. The molecule has 0 saturated carbocycles. The molecule has 4 nitrogen and oxygen atoms in total. The molecule has 2 N–H and O–H groups in total. The van der Waals surface area contributed by atoms with Crippen molar-refractivity contribution in [2.24, 2.45) is 0 Å². The number of benzene rings is 1. The van der Waals surface area contributed by atoms with E-state index in [0.29, 0.717) is 12.0 Å². The smallest absolute Gasteiger partial charge is 0.488 e. The molecule has 20 heavy (non-hydrogen) atoms. The molecule has 0 radical (unpaired) electrons. The van der Waals surface area contributed by atoms with E-state index in [1.54, 1.807) is 36.6 Å². The molecule has 0 aliphatic carbocycles. The summed E-state index contributed by atoms with van der Waals surface area (Å²) in [5.74, 6) is 0.757. The standard InChI is InChI=1S/C14H18BNO3S/c1-16(10-13-4-3-7-20-13)9-11-8-12(15(17)18)5-6-14(11)19-2/h3-8,17-18H,9-10H2,1-2H3. The molecule has 0 bridgehead atoms. The van der Waals surface area contributed by atoms with E-state index in [4.69, 9.17) is 4.74 Å². The molecular formula is C14H18BNO3S. The fourth-order valence-electron chi connectivity index (χ4n) is 2.10. The number of methoxy groups -OCH3 is 1. The van der Waals surface area contributed by atoms with Gasteiger partial charge in [-0.15, -0.1) is 11.3 Å². The van der Waals surface area contributed by atoms with E-state index in [2.05, 4.69) is 16.3 Å². The molecule has 0 unspecified atom stereocenters. The van der Waals surface area contributed by atoms with Crippen LogP contribution >= 0.6 is 11.3 Å². The predicted molar refractivity (Wildman–Crippen MR) is 82.3 cm³/mol. The van der Waals surface area contributed by atoms with Crippen LogP contribution in [0.5, 0.6) is 5.75 Å². The topological polar surface area (TPSA) is 52.9 Å². The van der Waals surface area contributed by atoms with Gasteiger partial charge in [-0.05, 0) is 30.0 Å². The van der Waals surface area contributed by atoms with Gasteiger partial charge in [0, 0.05) is 23.5 Å². The predicted octanol–water partition coefficient (Wildman–Crippen LogP) is 1.07. The van der Waals surface area contributed by atoms with E-state index in [1.165, 1.54) is 4.88 Å². The summed E-state index contributed by atoms with van der Waals surface area (Å²) in [5.41, 5.74) is 1.42. The Morgan fingerprint density at radius 3 is 2.65 bits per heavy atom. The Kier molecular flexibility index (Phi) is 5.20. The van der Waals surface area contributed by atoms with Gasteiger partial charge in [0.1, 0.15) is 5.75 Å². The number of ether oxygens (including phenoxy) is 1. The Bertz CT molecular complexity index is 545. The highest BCUT2D eigenvalue weighted by Crippen LogP contribution is 2.20. The summed E-state index contributed by atoms with van der Waals surface area (Å²) in [6.45, 7) is 1.54. The third-order valence-electron chi connectivity index (χ3n) is 3.05. The first-order valence-corrected chi connectivity index (χ1v) is 7.22. The molecule has 0 saturated heterocycles. The van der Waals surface area contributed by atoms with Crippen molar-refractivity contribution in [3.05, 3.63) is 46.2 Å². The highest BCUT2D eigenvalue weighted by Gasteiger charge is 2.15. The highest BCUT2D eigenvalue weighted by molar-refractivity contribution is 7.09. The van der Waals surface area contributed by atoms with Crippen LogP contribution in [0.25, 0.3) is 0 Å². The van der Waals surface area contributed by atoms with Crippen LogP contribution in [0.15, 0.2) is 35.7 Å². The molecule has 0 fully saturated rings. The Hall–Kier alpha value is -1.34. The monoisotopic (exact) mass is 291 g/mol. The number of hydrogen-bond donors (Lipinski definition) is 2. The van der Waals surface area contributed by atoms with Crippen LogP contribution in [0.4, 0.5) is 0 Å². The van der Waals surface area contributed by atoms with Gasteiger partial charge in [0.25, 0.3) is 0 Å². The second kappa shape index (κ2) is 6.90. The molecule has 1 aromatic carbocycles. The first-order chi connectivity index (χ1) is 9.60. The first-order valence-electron chi connectivity index (χ1n) is 6.34. The first kappa shape index (κ1) is 15.1. The largest absolute Gasteiger partial charge is 0.496 e. The van der Waals surface area contributed by atoms with Crippen LogP contribution in [0.1, 0.15) is 10.4 Å². The normalized spacial score (nSPS) is 10.8. The Labute approximate surface area is 123 Å². The van der Waals surface area contributed by atoms with Crippen molar-refractivity contribution >= 4 is 23.9 Å². The Morgan fingerprint density at radius 1 is 1.25 bits per heavy atom. The van der Waals surface area contributed by atoms with E-state index in [1.807, 2.05) is 13.1 Å². The van der Waals surface area contributed by atoms with Gasteiger partial charge in [0.15, 0.2) is 0 Å². The van der Waals surface area contributed by atoms with Crippen LogP contribution in [0.3, 0.4) is 0 Å². The molecule has 1 aromatic heterocycles. The van der Waals surface area contributed by atoms with Crippen LogP contribution in [0.2, 0.25) is 0 Å². The van der Waals surface area contributed by atoms with Gasteiger partial charge in [0.2, 0.25) is 0 Å². The van der Waals surface area contributed by atoms with Crippen molar-refractivity contribution in [3.63, 3.8) is 0 Å². The maximum Gasteiger partial charge on any atom is 0.488 e. The molecule has 106 valence electrons. The van der Waals surface area contributed by atoms with Gasteiger partial charge in [-0.25, -0.2) is 0 Å². The average Bonchev–Trinajstić information content (AvgIpc) is 2.91. The second-order valence-corrected chi connectivity index (χ2v) is 5.73. The van der Waals surface area contributed by atoms with E-state index in [9.17, 15) is 10.0 Å². The van der Waals surface area contributed by atoms with Crippen molar-refractivity contribution in [1.29, 1.82) is 0 Å². The summed E-state index contributed by atoms with van der Waals surface area (Å²) >= 11 is 1.73. The van der Waals surface area contributed by atoms with Gasteiger partial charge in [0.05, 0.1) is 7.11 Å². The van der Waals surface area contributed by atoms with Crippen LogP contribution < -0.4 is 10.2 Å². The van der Waals surface area contributed by atoms with E-state index >= 15 is 0 Å². The molecule has 0 amide bonds. The van der Waals surface area contributed by atoms with Gasteiger partial charge in [-0.2, -0.15) is 0 Å². The van der Waals surface area contributed by atoms with Gasteiger partial charge in [-0.3, -0.25) is 4.90 Å². The number of nitrogens with zero attached hydrogens (tertiary/aromatic N) is 1. The lowest BCUT2D eigenvalue weighted by Gasteiger charge is -2.18. The lowest BCUT2D eigenvalue weighted by atomic mass is 9.79. The summed E-state index contributed by atoms with van der Waals surface area (Å²) in [6, 6.07) is 9.34. The SMILES string of the molecule is COc1ccc(B(O)O)cc1CN(C)Cc1cccs1. The second-order valence-electron chi connectivity index (χ2n) is 4.70. The minimum absolute atomic E-state index is 0.477. The lowest BCUT2D eigenvalue weighted by molar-refractivity contribution is 0.312. The summed E-state index contributed by atoms with van der Waals surface area (Å²) in [5, 5.41) is 20.6. The Balaban J connectivity index is 2.12. The van der Waals surface area contributed by atoms with Crippen molar-refractivity contribution in [2.75, 3.05) is 14.2 Å². The minimum Gasteiger partial charge on any atom is -0.496 e. The van der Waals surface area contributed by atoms with Crippen molar-refractivity contribution in [3.8, 4) is 5.75 Å². The summed E-state index contributed by atoms with van der Waals surface area (Å²) in [7, 11) is 2.19. The van der Waals surface area contributed by atoms with Crippen molar-refractivity contribution in [1.82, 2.24) is 4.90 Å². The molecule has 0 atom stereocenters. The maximum atomic E-state index is 9.26. The molecule has 2 aromatic rings. The van der Waals surface area contributed by atoms with Crippen LogP contribution in [0, 0.1) is 0 Å². The summed E-state index contributed by atoms with van der Waals surface area (Å²) in [6.07, 6.45) is 0. The third kappa shape index (κ3) is 3.83. The maximum absolute atomic E-state index is 9.26. The minimum atomic E-state index is -1.46. The third-order valence-corrected chi connectivity index (χ3v) is 3.91. The summed E-state index contributed by atoms with van der Waals surface area (Å²) < 4.78 is 5.33. The zero-order chi connectivity index (χ0) is 14.5. The van der Waals surface area contributed by atoms with E-state index < -0.39 is 7.12 Å². The fraction of sp³-hybridized carbons (Fsp3) is 0.286. The fourth-order valence-corrected chi connectivity index (χ4v) is 2.88. The highest BCUT2D eigenvalue weighted by atomic mass is 32.1. The zero-order valence-electron chi connectivity index (χ0n) is 11.6. The quantitative estimate of drug-likeness (QED) is 0.782. The number of hydrogen-bond acceptors (Lipinski definition) is 5.